The molecule has 1 aromatic rings. The Labute approximate surface area is 98.6 Å². The molecule has 0 bridgehead atoms. The molecular formula is C11H16BrN3. The number of nitrogens with zero attached hydrogens (tertiary/aromatic N) is 1. The van der Waals surface area contributed by atoms with E-state index in [1.807, 2.05) is 6.07 Å². The van der Waals surface area contributed by atoms with E-state index < -0.39 is 0 Å². The number of nitrogen functional groups attached to an aromatic ring is 1. The molecule has 1 heterocycles. The van der Waals surface area contributed by atoms with Crippen LogP contribution in [0.1, 0.15) is 26.2 Å². The summed E-state index contributed by atoms with van der Waals surface area (Å²) < 4.78 is 0.919. The smallest absolute Gasteiger partial charge is 0.149 e. The third-order valence-corrected chi connectivity index (χ3v) is 3.66. The molecule has 1 fully saturated rings. The zero-order valence-corrected chi connectivity index (χ0v) is 10.5. The summed E-state index contributed by atoms with van der Waals surface area (Å²) in [6, 6.07) is 1.88. The predicted molar refractivity (Wildman–Crippen MR) is 66.8 cm³/mol. The average Bonchev–Trinajstić information content (AvgIpc) is 2.97. The second kappa shape index (κ2) is 4.00. The summed E-state index contributed by atoms with van der Waals surface area (Å²) in [5.74, 6) is 0.804. The van der Waals surface area contributed by atoms with Crippen molar-refractivity contribution >= 4 is 27.4 Å². The minimum atomic E-state index is 0.515. The first-order chi connectivity index (χ1) is 7.15. The highest BCUT2D eigenvalue weighted by Gasteiger charge is 2.40. The van der Waals surface area contributed by atoms with Crippen molar-refractivity contribution in [2.45, 2.75) is 26.2 Å². The van der Waals surface area contributed by atoms with Gasteiger partial charge in [0.1, 0.15) is 5.82 Å². The Bertz CT molecular complexity index is 361. The number of hydrogen-bond acceptors (Lipinski definition) is 3. The monoisotopic (exact) mass is 269 g/mol. The molecule has 0 aliphatic heterocycles. The summed E-state index contributed by atoms with van der Waals surface area (Å²) in [6.45, 7) is 3.23. The van der Waals surface area contributed by atoms with E-state index in [9.17, 15) is 0 Å². The average molecular weight is 270 g/mol. The summed E-state index contributed by atoms with van der Waals surface area (Å²) >= 11 is 3.34. The number of nitrogens with two attached hydrogens (primary N) is 1. The van der Waals surface area contributed by atoms with Crippen molar-refractivity contribution in [2.75, 3.05) is 17.6 Å². The van der Waals surface area contributed by atoms with Crippen molar-refractivity contribution in [1.82, 2.24) is 4.98 Å². The van der Waals surface area contributed by atoms with Gasteiger partial charge in [0.15, 0.2) is 0 Å². The molecule has 0 unspecified atom stereocenters. The van der Waals surface area contributed by atoms with Crippen LogP contribution in [0.5, 0.6) is 0 Å². The van der Waals surface area contributed by atoms with Gasteiger partial charge in [-0.15, -0.1) is 0 Å². The van der Waals surface area contributed by atoms with Gasteiger partial charge in [0.2, 0.25) is 0 Å². The highest BCUT2D eigenvalue weighted by atomic mass is 79.9. The Hall–Kier alpha value is -0.770. The lowest BCUT2D eigenvalue weighted by Crippen LogP contribution is -2.16. The second-order valence-electron chi connectivity index (χ2n) is 4.30. The number of pyridine rings is 1. The molecule has 3 nitrogen and oxygen atoms in total. The lowest BCUT2D eigenvalue weighted by Gasteiger charge is -2.14. The minimum Gasteiger partial charge on any atom is -0.396 e. The van der Waals surface area contributed by atoms with E-state index in [4.69, 9.17) is 5.73 Å². The third-order valence-electron chi connectivity index (χ3n) is 3.22. The number of nitrogens with one attached hydrogen (secondary N) is 1. The molecule has 1 saturated carbocycles. The Balaban J connectivity index is 1.99. The molecule has 0 saturated heterocycles. The molecule has 1 aliphatic carbocycles. The van der Waals surface area contributed by atoms with E-state index >= 15 is 0 Å². The third kappa shape index (κ3) is 2.43. The second-order valence-corrected chi connectivity index (χ2v) is 5.21. The summed E-state index contributed by atoms with van der Waals surface area (Å²) in [5.41, 5.74) is 7.08. The summed E-state index contributed by atoms with van der Waals surface area (Å²) in [7, 11) is 0. The van der Waals surface area contributed by atoms with Gasteiger partial charge in [-0.25, -0.2) is 4.98 Å². The topological polar surface area (TPSA) is 50.9 Å². The molecule has 0 amide bonds. The Kier molecular flexibility index (Phi) is 2.87. The summed E-state index contributed by atoms with van der Waals surface area (Å²) in [6.07, 6.45) is 5.65. The fourth-order valence-corrected chi connectivity index (χ4v) is 2.05. The Morgan fingerprint density at radius 1 is 1.60 bits per heavy atom. The van der Waals surface area contributed by atoms with Gasteiger partial charge < -0.3 is 11.1 Å². The molecule has 1 aliphatic rings. The van der Waals surface area contributed by atoms with Crippen LogP contribution < -0.4 is 11.1 Å². The zero-order valence-electron chi connectivity index (χ0n) is 8.89. The number of anilines is 2. The predicted octanol–water partition coefficient (Wildman–Crippen LogP) is 3.03. The first-order valence-corrected chi connectivity index (χ1v) is 6.09. The SMILES string of the molecule is CCC1(CNc2ncc(Br)cc2N)CC1. The molecule has 2 rings (SSSR count). The van der Waals surface area contributed by atoms with E-state index in [1.54, 1.807) is 6.20 Å². The molecule has 0 atom stereocenters. The van der Waals surface area contributed by atoms with Crippen LogP contribution in [0, 0.1) is 5.41 Å². The lowest BCUT2D eigenvalue weighted by atomic mass is 10.0. The molecule has 15 heavy (non-hydrogen) atoms. The van der Waals surface area contributed by atoms with Crippen LogP contribution in [0.2, 0.25) is 0 Å². The van der Waals surface area contributed by atoms with Crippen molar-refractivity contribution in [2.24, 2.45) is 5.41 Å². The minimum absolute atomic E-state index is 0.515. The highest BCUT2D eigenvalue weighted by Crippen LogP contribution is 2.48. The van der Waals surface area contributed by atoms with Gasteiger partial charge in [-0.2, -0.15) is 0 Å². The van der Waals surface area contributed by atoms with Crippen LogP contribution in [0.4, 0.5) is 11.5 Å². The van der Waals surface area contributed by atoms with Crippen LogP contribution in [0.3, 0.4) is 0 Å². The van der Waals surface area contributed by atoms with Gasteiger partial charge >= 0.3 is 0 Å². The van der Waals surface area contributed by atoms with Gasteiger partial charge in [0, 0.05) is 17.2 Å². The largest absolute Gasteiger partial charge is 0.396 e. The van der Waals surface area contributed by atoms with Gasteiger partial charge in [0.05, 0.1) is 5.69 Å². The number of halogens is 1. The van der Waals surface area contributed by atoms with Gasteiger partial charge in [-0.3, -0.25) is 0 Å². The highest BCUT2D eigenvalue weighted by molar-refractivity contribution is 9.10. The summed E-state index contributed by atoms with van der Waals surface area (Å²) in [4.78, 5) is 4.26. The van der Waals surface area contributed by atoms with Crippen molar-refractivity contribution in [1.29, 1.82) is 0 Å². The number of hydrogen-bond donors (Lipinski definition) is 2. The normalized spacial score (nSPS) is 17.5. The first-order valence-electron chi connectivity index (χ1n) is 5.30. The van der Waals surface area contributed by atoms with Crippen LogP contribution in [-0.2, 0) is 0 Å². The molecule has 3 N–H and O–H groups in total. The van der Waals surface area contributed by atoms with Crippen LogP contribution in [0.15, 0.2) is 16.7 Å². The van der Waals surface area contributed by atoms with Gasteiger partial charge in [-0.05, 0) is 46.7 Å². The maximum Gasteiger partial charge on any atom is 0.149 e. The number of aromatic nitrogens is 1. The van der Waals surface area contributed by atoms with Gasteiger partial charge in [0.25, 0.3) is 0 Å². The van der Waals surface area contributed by atoms with E-state index in [0.29, 0.717) is 11.1 Å². The standard InChI is InChI=1S/C11H16BrN3/c1-2-11(3-4-11)7-15-10-9(13)5-8(12)6-14-10/h5-6H,2-4,7,13H2,1H3,(H,14,15). The van der Waals surface area contributed by atoms with Crippen LogP contribution in [-0.4, -0.2) is 11.5 Å². The van der Waals surface area contributed by atoms with Crippen molar-refractivity contribution < 1.29 is 0 Å². The Morgan fingerprint density at radius 3 is 2.87 bits per heavy atom. The maximum absolute atomic E-state index is 5.86. The molecule has 4 heteroatoms. The van der Waals surface area contributed by atoms with Crippen molar-refractivity contribution in [3.8, 4) is 0 Å². The Morgan fingerprint density at radius 2 is 2.33 bits per heavy atom. The molecule has 0 aromatic carbocycles. The fraction of sp³-hybridized carbons (Fsp3) is 0.545. The molecule has 1 aromatic heterocycles. The van der Waals surface area contributed by atoms with E-state index in [0.717, 1.165) is 16.8 Å². The van der Waals surface area contributed by atoms with Crippen LogP contribution >= 0.6 is 15.9 Å². The zero-order chi connectivity index (χ0) is 10.9. The van der Waals surface area contributed by atoms with E-state index in [2.05, 4.69) is 33.2 Å². The van der Waals surface area contributed by atoms with E-state index in [-0.39, 0.29) is 0 Å². The lowest BCUT2D eigenvalue weighted by molar-refractivity contribution is 0.521. The first kappa shape index (κ1) is 10.7. The molecule has 82 valence electrons. The maximum atomic E-state index is 5.86. The quantitative estimate of drug-likeness (QED) is 0.884. The van der Waals surface area contributed by atoms with Crippen molar-refractivity contribution in [3.05, 3.63) is 16.7 Å². The van der Waals surface area contributed by atoms with Crippen molar-refractivity contribution in [3.63, 3.8) is 0 Å². The molecule has 0 radical (unpaired) electrons. The molecular weight excluding hydrogens is 254 g/mol. The summed E-state index contributed by atoms with van der Waals surface area (Å²) in [5, 5.41) is 3.34. The molecule has 0 spiro atoms. The van der Waals surface area contributed by atoms with Crippen LogP contribution in [0.25, 0.3) is 0 Å². The number of rotatable bonds is 4. The fourth-order valence-electron chi connectivity index (χ4n) is 1.71. The van der Waals surface area contributed by atoms with E-state index in [1.165, 1.54) is 19.3 Å². The van der Waals surface area contributed by atoms with Gasteiger partial charge in [-0.1, -0.05) is 6.92 Å².